The molecule has 1 saturated carbocycles. The topological polar surface area (TPSA) is 136 Å². The number of benzene rings is 1. The van der Waals surface area contributed by atoms with Crippen molar-refractivity contribution in [3.8, 4) is 23.0 Å². The molecule has 0 saturated heterocycles. The zero-order valence-electron chi connectivity index (χ0n) is 29.1. The van der Waals surface area contributed by atoms with Crippen molar-refractivity contribution in [1.82, 2.24) is 34.7 Å². The average molecular weight is 771 g/mol. The summed E-state index contributed by atoms with van der Waals surface area (Å²) in [4.78, 5) is 18.6. The van der Waals surface area contributed by atoms with Gasteiger partial charge in [-0.25, -0.2) is 31.0 Å². The number of nitrogens with one attached hydrogen (secondary N) is 2. The van der Waals surface area contributed by atoms with E-state index in [1.165, 1.54) is 10.6 Å². The molecule has 1 amide bonds. The Morgan fingerprint density at radius 2 is 1.78 bits per heavy atom. The molecular formula is C36H32F6N8O3S. The van der Waals surface area contributed by atoms with Gasteiger partial charge in [-0.2, -0.15) is 13.9 Å². The van der Waals surface area contributed by atoms with Crippen LogP contribution in [0.3, 0.4) is 0 Å². The Morgan fingerprint density at radius 3 is 2.44 bits per heavy atom. The summed E-state index contributed by atoms with van der Waals surface area (Å²) in [6.45, 7) is 4.76. The lowest BCUT2D eigenvalue weighted by Crippen LogP contribution is -2.35. The number of nitrogens with zero attached hydrogens (tertiary/aromatic N) is 6. The van der Waals surface area contributed by atoms with Gasteiger partial charge in [-0.1, -0.05) is 5.92 Å². The molecule has 0 bridgehead atoms. The maximum Gasteiger partial charge on any atom is 0.293 e. The molecule has 0 radical (unpaired) electrons. The van der Waals surface area contributed by atoms with Crippen LogP contribution in [0, 0.1) is 34.8 Å². The van der Waals surface area contributed by atoms with Crippen LogP contribution in [0.1, 0.15) is 79.5 Å². The number of anilines is 1. The zero-order valence-corrected chi connectivity index (χ0v) is 30.0. The molecule has 0 aliphatic heterocycles. The van der Waals surface area contributed by atoms with Gasteiger partial charge in [0.1, 0.15) is 35.3 Å². The molecule has 3 atom stereocenters. The number of carbonyl (C=O) groups excluding carboxylic acids is 1. The van der Waals surface area contributed by atoms with Gasteiger partial charge >= 0.3 is 0 Å². The number of hydrogen-bond donors (Lipinski definition) is 2. The molecule has 3 unspecified atom stereocenters. The van der Waals surface area contributed by atoms with Gasteiger partial charge < -0.3 is 5.32 Å². The van der Waals surface area contributed by atoms with Crippen LogP contribution in [-0.2, 0) is 33.7 Å². The molecular weight excluding hydrogens is 739 g/mol. The Morgan fingerprint density at radius 1 is 1.06 bits per heavy atom. The molecule has 7 rings (SSSR count). The smallest absolute Gasteiger partial charge is 0.293 e. The summed E-state index contributed by atoms with van der Waals surface area (Å²) >= 11 is 0. The minimum absolute atomic E-state index is 0.0391. The molecule has 282 valence electrons. The van der Waals surface area contributed by atoms with Crippen molar-refractivity contribution in [2.45, 2.75) is 64.5 Å². The van der Waals surface area contributed by atoms with Gasteiger partial charge in [0, 0.05) is 40.3 Å². The van der Waals surface area contributed by atoms with Crippen LogP contribution in [0.15, 0.2) is 48.7 Å². The molecule has 5 aromatic rings. The molecule has 18 heteroatoms. The second-order valence-electron chi connectivity index (χ2n) is 14.4. The van der Waals surface area contributed by atoms with E-state index in [-0.39, 0.29) is 47.0 Å². The quantitative estimate of drug-likeness (QED) is 0.126. The number of rotatable bonds is 10. The third-order valence-electron chi connectivity index (χ3n) is 8.98. The normalized spacial score (nSPS) is 17.8. The monoisotopic (exact) mass is 770 g/mol. The van der Waals surface area contributed by atoms with Crippen LogP contribution < -0.4 is 10.0 Å². The van der Waals surface area contributed by atoms with Gasteiger partial charge in [-0.15, -0.1) is 10.2 Å². The van der Waals surface area contributed by atoms with Crippen molar-refractivity contribution in [2.24, 2.45) is 11.3 Å². The first-order valence-corrected chi connectivity index (χ1v) is 18.6. The highest BCUT2D eigenvalue weighted by atomic mass is 32.2. The van der Waals surface area contributed by atoms with Gasteiger partial charge in [-0.3, -0.25) is 18.6 Å². The minimum atomic E-state index is -3.76. The highest BCUT2D eigenvalue weighted by Crippen LogP contribution is 2.68. The van der Waals surface area contributed by atoms with E-state index in [1.807, 2.05) is 20.8 Å². The Bertz CT molecular complexity index is 2480. The van der Waals surface area contributed by atoms with E-state index >= 15 is 8.78 Å². The van der Waals surface area contributed by atoms with Gasteiger partial charge in [0.15, 0.2) is 5.65 Å². The Labute approximate surface area is 305 Å². The molecule has 4 heterocycles. The summed E-state index contributed by atoms with van der Waals surface area (Å²) in [6.07, 6.45) is -0.946. The van der Waals surface area contributed by atoms with Crippen LogP contribution in [0.25, 0.3) is 16.8 Å². The second-order valence-corrected chi connectivity index (χ2v) is 16.2. The van der Waals surface area contributed by atoms with E-state index in [1.54, 1.807) is 24.3 Å². The number of sulfonamides is 1. The van der Waals surface area contributed by atoms with Crippen molar-refractivity contribution in [1.29, 1.82) is 0 Å². The maximum absolute atomic E-state index is 15.3. The number of amides is 1. The molecule has 1 fully saturated rings. The number of pyridine rings is 2. The van der Waals surface area contributed by atoms with Crippen molar-refractivity contribution >= 4 is 27.5 Å². The number of hydrogen-bond acceptors (Lipinski definition) is 7. The van der Waals surface area contributed by atoms with Crippen LogP contribution in [0.5, 0.6) is 0 Å². The molecule has 2 N–H and O–H groups in total. The summed E-state index contributed by atoms with van der Waals surface area (Å²) in [7, 11) is -3.76. The van der Waals surface area contributed by atoms with Crippen LogP contribution in [-0.4, -0.2) is 49.9 Å². The fraction of sp³-hybridized carbons (Fsp3) is 0.361. The zero-order chi connectivity index (χ0) is 38.9. The van der Waals surface area contributed by atoms with Crippen molar-refractivity contribution in [2.75, 3.05) is 11.0 Å². The highest BCUT2D eigenvalue weighted by Gasteiger charge is 2.67. The average Bonchev–Trinajstić information content (AvgIpc) is 3.55. The molecule has 0 spiro atoms. The third-order valence-corrected chi connectivity index (χ3v) is 9.53. The SMILES string of the molecule is CC(C)(C)C#Cc1ccc(-c2cccn3c(NS(C)(=O)=O)nnc23)c(C(Cc2cc(F)cc(F)c2)NC(=O)Cn2nc(C(F)F)c3c2C(F)(F)C2CC32)n1. The largest absolute Gasteiger partial charge is 0.346 e. The van der Waals surface area contributed by atoms with E-state index in [0.29, 0.717) is 21.9 Å². The van der Waals surface area contributed by atoms with Gasteiger partial charge in [0.05, 0.1) is 18.0 Å². The lowest BCUT2D eigenvalue weighted by Gasteiger charge is -2.23. The molecule has 4 aromatic heterocycles. The van der Waals surface area contributed by atoms with E-state index in [4.69, 9.17) is 4.98 Å². The van der Waals surface area contributed by atoms with Crippen LogP contribution in [0.4, 0.5) is 32.3 Å². The summed E-state index contributed by atoms with van der Waals surface area (Å²) in [5.41, 5.74) is -0.957. The lowest BCUT2D eigenvalue weighted by molar-refractivity contribution is -0.123. The standard InChI is InChI=1S/C36H32F6N8O3S/c1-35(2,3)10-9-21-7-8-22(23-6-5-11-49-33(23)45-46-34(49)48-54(4,52)53)29(43-21)26(14-18-12-19(37)15-20(38)13-18)44-27(51)17-50-31-28(30(47-50)32(39)40)24-16-25(24)36(31,41)42/h5-8,11-13,15,24-26,32H,14,16-17H2,1-4H3,(H,44,51)(H,46,48). The summed E-state index contributed by atoms with van der Waals surface area (Å²) < 4.78 is 116. The molecule has 2 aliphatic carbocycles. The number of halogens is 6. The fourth-order valence-electron chi connectivity index (χ4n) is 6.79. The second kappa shape index (κ2) is 13.1. The van der Waals surface area contributed by atoms with Crippen molar-refractivity contribution in [3.63, 3.8) is 0 Å². The first kappa shape index (κ1) is 36.9. The van der Waals surface area contributed by atoms with E-state index in [9.17, 15) is 30.8 Å². The number of aromatic nitrogens is 6. The van der Waals surface area contributed by atoms with Gasteiger partial charge in [0.2, 0.25) is 21.9 Å². The first-order chi connectivity index (χ1) is 25.3. The van der Waals surface area contributed by atoms with E-state index in [2.05, 4.69) is 37.2 Å². The Kier molecular flexibility index (Phi) is 8.98. The summed E-state index contributed by atoms with van der Waals surface area (Å²) in [5.74, 6) is -2.20. The Balaban J connectivity index is 1.35. The highest BCUT2D eigenvalue weighted by molar-refractivity contribution is 7.92. The fourth-order valence-corrected chi connectivity index (χ4v) is 7.26. The van der Waals surface area contributed by atoms with Crippen molar-refractivity contribution < 1.29 is 39.6 Å². The predicted molar refractivity (Wildman–Crippen MR) is 184 cm³/mol. The van der Waals surface area contributed by atoms with Crippen molar-refractivity contribution in [3.05, 3.63) is 94.2 Å². The minimum Gasteiger partial charge on any atom is -0.346 e. The van der Waals surface area contributed by atoms with Gasteiger partial charge in [-0.05, 0) is 87.4 Å². The molecule has 2 aliphatic rings. The number of alkyl halides is 4. The van der Waals surface area contributed by atoms with Crippen LogP contribution in [0.2, 0.25) is 0 Å². The summed E-state index contributed by atoms with van der Waals surface area (Å²) in [6, 6.07) is 7.95. The molecule has 54 heavy (non-hydrogen) atoms. The lowest BCUT2D eigenvalue weighted by atomic mass is 9.94. The molecule has 11 nitrogen and oxygen atoms in total. The van der Waals surface area contributed by atoms with E-state index < -0.39 is 81.1 Å². The third kappa shape index (κ3) is 7.24. The van der Waals surface area contributed by atoms with Crippen LogP contribution >= 0.6 is 0 Å². The first-order valence-electron chi connectivity index (χ1n) is 16.7. The molecule has 1 aromatic carbocycles. The Hall–Kier alpha value is -5.44. The predicted octanol–water partition coefficient (Wildman–Crippen LogP) is 6.28. The number of carbonyl (C=O) groups is 1. The van der Waals surface area contributed by atoms with Gasteiger partial charge in [0.25, 0.3) is 12.3 Å². The maximum atomic E-state index is 15.3. The van der Waals surface area contributed by atoms with E-state index in [0.717, 1.165) is 18.4 Å². The summed E-state index contributed by atoms with van der Waals surface area (Å²) in [5, 5.41) is 14.6. The number of fused-ring (bicyclic) bond motifs is 4.